The summed E-state index contributed by atoms with van der Waals surface area (Å²) in [5, 5.41) is 8.81. The Hall–Kier alpha value is -2.38. The van der Waals surface area contributed by atoms with Crippen molar-refractivity contribution in [1.82, 2.24) is 19.1 Å². The van der Waals surface area contributed by atoms with Gasteiger partial charge in [-0.25, -0.2) is 9.78 Å². The van der Waals surface area contributed by atoms with E-state index >= 15 is 0 Å². The molecule has 0 radical (unpaired) electrons. The van der Waals surface area contributed by atoms with Crippen LogP contribution in [0, 0.1) is 5.92 Å². The first kappa shape index (κ1) is 13.1. The molecule has 0 saturated carbocycles. The second-order valence-corrected chi connectivity index (χ2v) is 4.46. The smallest absolute Gasteiger partial charge is 0.329 e. The van der Waals surface area contributed by atoms with E-state index < -0.39 is 23.1 Å². The molecule has 2 rings (SSSR count). The van der Waals surface area contributed by atoms with Gasteiger partial charge >= 0.3 is 11.7 Å². The van der Waals surface area contributed by atoms with Gasteiger partial charge < -0.3 is 9.67 Å². The lowest BCUT2D eigenvalue weighted by molar-refractivity contribution is -0.141. The number of aliphatic carboxylic acids is 1. The average molecular weight is 266 g/mol. The number of imidazole rings is 1. The van der Waals surface area contributed by atoms with E-state index in [2.05, 4.69) is 9.97 Å². The van der Waals surface area contributed by atoms with E-state index in [-0.39, 0.29) is 5.52 Å². The summed E-state index contributed by atoms with van der Waals surface area (Å²) in [6.45, 7) is 1.97. The van der Waals surface area contributed by atoms with Gasteiger partial charge in [0.25, 0.3) is 5.56 Å². The number of carboxylic acids is 1. The molecule has 1 atom stereocenters. The summed E-state index contributed by atoms with van der Waals surface area (Å²) < 4.78 is 2.52. The number of H-pyrrole nitrogens is 1. The van der Waals surface area contributed by atoms with Crippen LogP contribution in [0.5, 0.6) is 0 Å². The highest BCUT2D eigenvalue weighted by Gasteiger charge is 2.14. The minimum atomic E-state index is -0.881. The lowest BCUT2D eigenvalue weighted by atomic mass is 10.1. The Kier molecular flexibility index (Phi) is 3.24. The molecule has 1 unspecified atom stereocenters. The van der Waals surface area contributed by atoms with Crippen molar-refractivity contribution in [2.75, 3.05) is 0 Å². The first-order valence-corrected chi connectivity index (χ1v) is 5.78. The van der Waals surface area contributed by atoms with Gasteiger partial charge in [0, 0.05) is 13.6 Å². The van der Waals surface area contributed by atoms with Gasteiger partial charge in [0.15, 0.2) is 5.52 Å². The molecule has 0 aliphatic heterocycles. The molecule has 2 aromatic heterocycles. The summed E-state index contributed by atoms with van der Waals surface area (Å²) in [7, 11) is 1.37. The predicted octanol–water partition coefficient (Wildman–Crippen LogP) is -0.466. The fourth-order valence-corrected chi connectivity index (χ4v) is 1.73. The molecule has 2 aromatic rings. The number of fused-ring (bicyclic) bond motifs is 1. The van der Waals surface area contributed by atoms with Crippen LogP contribution in [0.3, 0.4) is 0 Å². The van der Waals surface area contributed by atoms with Gasteiger partial charge in [0.2, 0.25) is 0 Å². The van der Waals surface area contributed by atoms with Gasteiger partial charge in [-0.2, -0.15) is 0 Å². The molecule has 8 nitrogen and oxygen atoms in total. The molecule has 0 fully saturated rings. The summed E-state index contributed by atoms with van der Waals surface area (Å²) in [6.07, 6.45) is 1.81. The number of rotatable bonds is 4. The van der Waals surface area contributed by atoms with Crippen LogP contribution in [-0.4, -0.2) is 30.2 Å². The van der Waals surface area contributed by atoms with Crippen molar-refractivity contribution >= 4 is 17.1 Å². The fourth-order valence-electron chi connectivity index (χ4n) is 1.73. The molecule has 0 amide bonds. The number of aryl methyl sites for hydroxylation is 1. The Bertz CT molecular complexity index is 739. The summed E-state index contributed by atoms with van der Waals surface area (Å²) in [4.78, 5) is 40.6. The quantitative estimate of drug-likeness (QED) is 0.777. The first-order valence-electron chi connectivity index (χ1n) is 5.78. The highest BCUT2D eigenvalue weighted by atomic mass is 16.4. The van der Waals surface area contributed by atoms with Crippen LogP contribution in [0.2, 0.25) is 0 Å². The average Bonchev–Trinajstić information content (AvgIpc) is 2.76. The standard InChI is InChI=1S/C11H14N4O4/c1-6(10(17)18)3-4-15-5-12-7-8(15)13-11(19)14(2)9(7)16/h5-6H,3-4H2,1-2H3,(H,13,19)(H,17,18). The normalized spacial score (nSPS) is 12.7. The second-order valence-electron chi connectivity index (χ2n) is 4.46. The Morgan fingerprint density at radius 1 is 1.53 bits per heavy atom. The molecule has 0 saturated heterocycles. The van der Waals surface area contributed by atoms with E-state index in [0.717, 1.165) is 4.57 Å². The monoisotopic (exact) mass is 266 g/mol. The lowest BCUT2D eigenvalue weighted by Crippen LogP contribution is -2.32. The lowest BCUT2D eigenvalue weighted by Gasteiger charge is -2.07. The van der Waals surface area contributed by atoms with Crippen LogP contribution >= 0.6 is 0 Å². The molecular formula is C11H14N4O4. The highest BCUT2D eigenvalue weighted by molar-refractivity contribution is 5.70. The summed E-state index contributed by atoms with van der Waals surface area (Å²) >= 11 is 0. The van der Waals surface area contributed by atoms with Gasteiger partial charge in [0.1, 0.15) is 5.65 Å². The molecular weight excluding hydrogens is 252 g/mol. The number of carboxylic acid groups (broad SMARTS) is 1. The Labute approximate surface area is 107 Å². The van der Waals surface area contributed by atoms with Crippen molar-refractivity contribution in [1.29, 1.82) is 0 Å². The number of nitrogens with zero attached hydrogens (tertiary/aromatic N) is 3. The van der Waals surface area contributed by atoms with Crippen molar-refractivity contribution in [3.63, 3.8) is 0 Å². The maximum Gasteiger partial charge on any atom is 0.329 e. The molecule has 8 heteroatoms. The van der Waals surface area contributed by atoms with E-state index in [1.54, 1.807) is 11.5 Å². The van der Waals surface area contributed by atoms with Gasteiger partial charge in [-0.15, -0.1) is 0 Å². The number of aromatic amines is 1. The molecule has 19 heavy (non-hydrogen) atoms. The molecule has 0 aromatic carbocycles. The summed E-state index contributed by atoms with van der Waals surface area (Å²) in [5.41, 5.74) is -0.495. The number of hydrogen-bond donors (Lipinski definition) is 2. The van der Waals surface area contributed by atoms with Gasteiger partial charge in [-0.1, -0.05) is 6.92 Å². The van der Waals surface area contributed by atoms with Crippen molar-refractivity contribution in [2.24, 2.45) is 13.0 Å². The number of nitrogens with one attached hydrogen (secondary N) is 1. The molecule has 102 valence electrons. The number of hydrogen-bond acceptors (Lipinski definition) is 4. The zero-order valence-corrected chi connectivity index (χ0v) is 10.6. The minimum Gasteiger partial charge on any atom is -0.481 e. The van der Waals surface area contributed by atoms with Gasteiger partial charge in [0.05, 0.1) is 12.2 Å². The van der Waals surface area contributed by atoms with E-state index in [1.807, 2.05) is 0 Å². The van der Waals surface area contributed by atoms with E-state index in [4.69, 9.17) is 5.11 Å². The third kappa shape index (κ3) is 2.28. The Balaban J connectivity index is 2.39. The largest absolute Gasteiger partial charge is 0.481 e. The molecule has 0 spiro atoms. The zero-order chi connectivity index (χ0) is 14.2. The Morgan fingerprint density at radius 3 is 2.84 bits per heavy atom. The summed E-state index contributed by atoms with van der Waals surface area (Å²) in [6, 6.07) is 0. The van der Waals surface area contributed by atoms with Crippen molar-refractivity contribution in [3.05, 3.63) is 27.2 Å². The minimum absolute atomic E-state index is 0.171. The van der Waals surface area contributed by atoms with Crippen LogP contribution in [0.4, 0.5) is 0 Å². The predicted molar refractivity (Wildman–Crippen MR) is 67.0 cm³/mol. The molecule has 2 N–H and O–H groups in total. The third-order valence-electron chi connectivity index (χ3n) is 3.10. The second kappa shape index (κ2) is 4.71. The van der Waals surface area contributed by atoms with Gasteiger partial charge in [-0.3, -0.25) is 19.1 Å². The van der Waals surface area contributed by atoms with Crippen LogP contribution in [0.15, 0.2) is 15.9 Å². The highest BCUT2D eigenvalue weighted by Crippen LogP contribution is 2.08. The van der Waals surface area contributed by atoms with Crippen molar-refractivity contribution in [3.8, 4) is 0 Å². The van der Waals surface area contributed by atoms with E-state index in [1.165, 1.54) is 13.4 Å². The summed E-state index contributed by atoms with van der Waals surface area (Å²) in [5.74, 6) is -1.38. The fraction of sp³-hybridized carbons (Fsp3) is 0.455. The van der Waals surface area contributed by atoms with E-state index in [9.17, 15) is 14.4 Å². The zero-order valence-electron chi connectivity index (χ0n) is 10.6. The SMILES string of the molecule is CC(CCn1cnc2c(=O)n(C)c(=O)[nH]c21)C(=O)O. The molecule has 0 bridgehead atoms. The third-order valence-corrected chi connectivity index (χ3v) is 3.10. The van der Waals surface area contributed by atoms with Crippen molar-refractivity contribution in [2.45, 2.75) is 19.9 Å². The van der Waals surface area contributed by atoms with Crippen LogP contribution in [0.1, 0.15) is 13.3 Å². The first-order chi connectivity index (χ1) is 8.91. The molecule has 2 heterocycles. The van der Waals surface area contributed by atoms with Crippen LogP contribution < -0.4 is 11.2 Å². The molecule has 0 aliphatic carbocycles. The van der Waals surface area contributed by atoms with E-state index in [0.29, 0.717) is 18.6 Å². The maximum atomic E-state index is 11.8. The maximum absolute atomic E-state index is 11.8. The topological polar surface area (TPSA) is 110 Å². The number of aromatic nitrogens is 4. The van der Waals surface area contributed by atoms with Crippen LogP contribution in [0.25, 0.3) is 11.2 Å². The Morgan fingerprint density at radius 2 is 2.21 bits per heavy atom. The van der Waals surface area contributed by atoms with Crippen molar-refractivity contribution < 1.29 is 9.90 Å². The molecule has 0 aliphatic rings. The number of carbonyl (C=O) groups is 1. The van der Waals surface area contributed by atoms with Gasteiger partial charge in [-0.05, 0) is 6.42 Å². The van der Waals surface area contributed by atoms with Crippen LogP contribution in [-0.2, 0) is 18.4 Å².